The molecule has 9 heteroatoms. The van der Waals surface area contributed by atoms with Crippen molar-refractivity contribution in [3.05, 3.63) is 83.7 Å². The number of hydrogen-bond acceptors (Lipinski definition) is 6. The lowest BCUT2D eigenvalue weighted by atomic mass is 10.1. The standard InChI is InChI=1S/C28H27FN2O6/c1-35-22-11-5-19(6-12-22)27(33)30(15-14-18-4-13-24(36-2)25(16-18)37-3)23-17-26(32)31(28(23)34)21-9-7-20(29)8-10-21/h4-13,16,23H,14-15,17H2,1-3H3. The zero-order chi connectivity index (χ0) is 26.5. The van der Waals surface area contributed by atoms with Crippen LogP contribution in [0.5, 0.6) is 17.2 Å². The molecule has 3 aromatic carbocycles. The molecule has 0 spiro atoms. The van der Waals surface area contributed by atoms with E-state index in [1.807, 2.05) is 6.07 Å². The van der Waals surface area contributed by atoms with E-state index in [9.17, 15) is 18.8 Å². The largest absolute Gasteiger partial charge is 0.497 e. The highest BCUT2D eigenvalue weighted by Gasteiger charge is 2.44. The average molecular weight is 507 g/mol. The third-order valence-electron chi connectivity index (χ3n) is 6.27. The van der Waals surface area contributed by atoms with Gasteiger partial charge in [-0.3, -0.25) is 14.4 Å². The van der Waals surface area contributed by atoms with Crippen molar-refractivity contribution in [1.82, 2.24) is 4.90 Å². The van der Waals surface area contributed by atoms with Gasteiger partial charge in [0.2, 0.25) is 5.91 Å². The van der Waals surface area contributed by atoms with Gasteiger partial charge in [0.25, 0.3) is 11.8 Å². The molecule has 37 heavy (non-hydrogen) atoms. The molecule has 1 aliphatic heterocycles. The van der Waals surface area contributed by atoms with Crippen LogP contribution in [-0.2, 0) is 16.0 Å². The van der Waals surface area contributed by atoms with E-state index in [-0.39, 0.29) is 18.7 Å². The van der Waals surface area contributed by atoms with E-state index in [1.54, 1.807) is 43.5 Å². The molecule has 0 aromatic heterocycles. The van der Waals surface area contributed by atoms with Gasteiger partial charge in [-0.15, -0.1) is 0 Å². The molecule has 8 nitrogen and oxygen atoms in total. The number of benzene rings is 3. The summed E-state index contributed by atoms with van der Waals surface area (Å²) in [5.41, 5.74) is 1.47. The van der Waals surface area contributed by atoms with Crippen LogP contribution in [0.4, 0.5) is 10.1 Å². The highest BCUT2D eigenvalue weighted by molar-refractivity contribution is 6.23. The lowest BCUT2D eigenvalue weighted by Gasteiger charge is -2.28. The Morgan fingerprint density at radius 1 is 0.919 bits per heavy atom. The molecule has 0 radical (unpaired) electrons. The Kier molecular flexibility index (Phi) is 7.71. The minimum absolute atomic E-state index is 0.168. The molecule has 192 valence electrons. The minimum atomic E-state index is -1.01. The van der Waals surface area contributed by atoms with Crippen LogP contribution in [0.2, 0.25) is 0 Å². The molecule has 1 aliphatic rings. The quantitative estimate of drug-likeness (QED) is 0.410. The summed E-state index contributed by atoms with van der Waals surface area (Å²) < 4.78 is 29.3. The zero-order valence-electron chi connectivity index (χ0n) is 20.8. The molecule has 0 saturated carbocycles. The van der Waals surface area contributed by atoms with Gasteiger partial charge in [-0.25, -0.2) is 9.29 Å². The molecule has 0 N–H and O–H groups in total. The van der Waals surface area contributed by atoms with Gasteiger partial charge >= 0.3 is 0 Å². The first kappa shape index (κ1) is 25.7. The summed E-state index contributed by atoms with van der Waals surface area (Å²) in [6.45, 7) is 0.168. The summed E-state index contributed by atoms with van der Waals surface area (Å²) in [6, 6.07) is 16.1. The molecule has 1 saturated heterocycles. The van der Waals surface area contributed by atoms with Gasteiger partial charge in [-0.05, 0) is 72.6 Å². The van der Waals surface area contributed by atoms with Crippen molar-refractivity contribution in [3.63, 3.8) is 0 Å². The second-order valence-electron chi connectivity index (χ2n) is 8.43. The van der Waals surface area contributed by atoms with Crippen LogP contribution in [0.3, 0.4) is 0 Å². The summed E-state index contributed by atoms with van der Waals surface area (Å²) in [5.74, 6) is -0.165. The van der Waals surface area contributed by atoms with Crippen LogP contribution in [0.25, 0.3) is 0 Å². The zero-order valence-corrected chi connectivity index (χ0v) is 20.8. The molecular formula is C28H27FN2O6. The smallest absolute Gasteiger partial charge is 0.257 e. The van der Waals surface area contributed by atoms with Crippen molar-refractivity contribution in [2.75, 3.05) is 32.8 Å². The third kappa shape index (κ3) is 5.40. The van der Waals surface area contributed by atoms with Crippen molar-refractivity contribution in [3.8, 4) is 17.2 Å². The average Bonchev–Trinajstić information content (AvgIpc) is 3.22. The minimum Gasteiger partial charge on any atom is -0.497 e. The van der Waals surface area contributed by atoms with Crippen LogP contribution < -0.4 is 19.1 Å². The second kappa shape index (κ2) is 11.1. The Morgan fingerprint density at radius 2 is 1.59 bits per heavy atom. The van der Waals surface area contributed by atoms with E-state index >= 15 is 0 Å². The third-order valence-corrected chi connectivity index (χ3v) is 6.27. The molecule has 1 heterocycles. The van der Waals surface area contributed by atoms with Crippen molar-refractivity contribution >= 4 is 23.4 Å². The molecule has 0 bridgehead atoms. The van der Waals surface area contributed by atoms with Crippen molar-refractivity contribution < 1.29 is 33.0 Å². The number of ether oxygens (including phenoxy) is 3. The highest BCUT2D eigenvalue weighted by Crippen LogP contribution is 2.30. The first-order valence-electron chi connectivity index (χ1n) is 11.6. The molecule has 0 aliphatic carbocycles. The molecule has 4 rings (SSSR count). The Morgan fingerprint density at radius 3 is 2.22 bits per heavy atom. The molecule has 1 atom stereocenters. The number of halogens is 1. The fraction of sp³-hybridized carbons (Fsp3) is 0.250. The van der Waals surface area contributed by atoms with Crippen LogP contribution >= 0.6 is 0 Å². The van der Waals surface area contributed by atoms with E-state index in [1.165, 1.54) is 43.4 Å². The van der Waals surface area contributed by atoms with Gasteiger partial charge in [0.05, 0.1) is 33.4 Å². The summed E-state index contributed by atoms with van der Waals surface area (Å²) >= 11 is 0. The predicted octanol–water partition coefficient (Wildman–Crippen LogP) is 3.87. The van der Waals surface area contributed by atoms with Gasteiger partial charge in [-0.1, -0.05) is 6.07 Å². The second-order valence-corrected chi connectivity index (χ2v) is 8.43. The Labute approximate surface area is 214 Å². The van der Waals surface area contributed by atoms with Crippen molar-refractivity contribution in [2.24, 2.45) is 0 Å². The van der Waals surface area contributed by atoms with E-state index < -0.39 is 29.6 Å². The maximum Gasteiger partial charge on any atom is 0.257 e. The van der Waals surface area contributed by atoms with Crippen LogP contribution in [0.15, 0.2) is 66.7 Å². The van der Waals surface area contributed by atoms with E-state index in [0.717, 1.165) is 10.5 Å². The van der Waals surface area contributed by atoms with Crippen LogP contribution in [0, 0.1) is 5.82 Å². The number of rotatable bonds is 9. The van der Waals surface area contributed by atoms with E-state index in [4.69, 9.17) is 14.2 Å². The number of anilines is 1. The molecule has 1 unspecified atom stereocenters. The van der Waals surface area contributed by atoms with Gasteiger partial charge in [0, 0.05) is 12.1 Å². The topological polar surface area (TPSA) is 85.4 Å². The SMILES string of the molecule is COc1ccc(C(=O)N(CCc2ccc(OC)c(OC)c2)C2CC(=O)N(c3ccc(F)cc3)C2=O)cc1. The summed E-state index contributed by atoms with van der Waals surface area (Å²) in [4.78, 5) is 42.4. The summed E-state index contributed by atoms with van der Waals surface area (Å²) in [6.07, 6.45) is 0.223. The van der Waals surface area contributed by atoms with Gasteiger partial charge < -0.3 is 19.1 Å². The predicted molar refractivity (Wildman–Crippen MR) is 135 cm³/mol. The Hall–Kier alpha value is -4.40. The Bertz CT molecular complexity index is 1290. The van der Waals surface area contributed by atoms with Crippen LogP contribution in [0.1, 0.15) is 22.3 Å². The first-order valence-corrected chi connectivity index (χ1v) is 11.6. The number of methoxy groups -OCH3 is 3. The van der Waals surface area contributed by atoms with Crippen LogP contribution in [-0.4, -0.2) is 56.5 Å². The first-order chi connectivity index (χ1) is 17.9. The van der Waals surface area contributed by atoms with E-state index in [0.29, 0.717) is 29.2 Å². The van der Waals surface area contributed by atoms with Gasteiger partial charge in [0.1, 0.15) is 17.6 Å². The lowest BCUT2D eigenvalue weighted by molar-refractivity contribution is -0.122. The van der Waals surface area contributed by atoms with E-state index in [2.05, 4.69) is 0 Å². The highest BCUT2D eigenvalue weighted by atomic mass is 19.1. The fourth-order valence-corrected chi connectivity index (χ4v) is 4.30. The normalized spacial score (nSPS) is 15.0. The summed E-state index contributed by atoms with van der Waals surface area (Å²) in [5, 5.41) is 0. The number of carbonyl (C=O) groups excluding carboxylic acids is 3. The number of nitrogens with zero attached hydrogens (tertiary/aromatic N) is 2. The fourth-order valence-electron chi connectivity index (χ4n) is 4.30. The molecule has 1 fully saturated rings. The lowest BCUT2D eigenvalue weighted by Crippen LogP contribution is -2.46. The van der Waals surface area contributed by atoms with Gasteiger partial charge in [0.15, 0.2) is 11.5 Å². The number of carbonyl (C=O) groups is 3. The monoisotopic (exact) mass is 506 g/mol. The number of hydrogen-bond donors (Lipinski definition) is 0. The maximum absolute atomic E-state index is 13.6. The molecule has 3 amide bonds. The van der Waals surface area contributed by atoms with Crippen molar-refractivity contribution in [2.45, 2.75) is 18.9 Å². The summed E-state index contributed by atoms with van der Waals surface area (Å²) in [7, 11) is 4.61. The van der Waals surface area contributed by atoms with Gasteiger partial charge in [-0.2, -0.15) is 0 Å². The molecule has 3 aromatic rings. The van der Waals surface area contributed by atoms with Crippen molar-refractivity contribution in [1.29, 1.82) is 0 Å². The number of imide groups is 1. The maximum atomic E-state index is 13.6. The Balaban J connectivity index is 1.63. The number of amides is 3. The molecular weight excluding hydrogens is 479 g/mol.